The van der Waals surface area contributed by atoms with E-state index in [-0.39, 0.29) is 24.3 Å². The lowest BCUT2D eigenvalue weighted by Gasteiger charge is -2.55. The van der Waals surface area contributed by atoms with Gasteiger partial charge in [-0.25, -0.2) is 0 Å². The van der Waals surface area contributed by atoms with Crippen molar-refractivity contribution in [2.24, 2.45) is 23.5 Å². The molecule has 0 aromatic heterocycles. The molecule has 6 atom stereocenters. The van der Waals surface area contributed by atoms with Gasteiger partial charge in [-0.05, 0) is 51.4 Å². The number of primary amides is 1. The van der Waals surface area contributed by atoms with Crippen molar-refractivity contribution in [1.29, 1.82) is 0 Å². The van der Waals surface area contributed by atoms with Gasteiger partial charge in [0, 0.05) is 28.4 Å². The summed E-state index contributed by atoms with van der Waals surface area (Å²) in [5.41, 5.74) is 1.89. The number of esters is 1. The van der Waals surface area contributed by atoms with E-state index in [4.69, 9.17) is 10.5 Å². The van der Waals surface area contributed by atoms with Crippen molar-refractivity contribution < 1.29 is 44.3 Å². The third kappa shape index (κ3) is 5.55. The molecular formula is C35H46N2O9S. The number of ether oxygens (including phenoxy) is 1. The summed E-state index contributed by atoms with van der Waals surface area (Å²) in [6.07, 6.45) is 6.73. The summed E-state index contributed by atoms with van der Waals surface area (Å²) in [7, 11) is 3.05. The minimum absolute atomic E-state index is 0. The summed E-state index contributed by atoms with van der Waals surface area (Å²) in [5, 5.41) is 46.9. The van der Waals surface area contributed by atoms with Crippen LogP contribution in [0.25, 0.3) is 5.76 Å². The van der Waals surface area contributed by atoms with E-state index in [2.05, 4.69) is 0 Å². The first kappa shape index (κ1) is 35.0. The van der Waals surface area contributed by atoms with Gasteiger partial charge in [-0.15, -0.1) is 0 Å². The number of carbonyl (C=O) groups excluding carboxylic acids is 4. The number of nitrogens with two attached hydrogens (primary N) is 1. The molecule has 0 bridgehead atoms. The Hall–Kier alpha value is -3.35. The topological polar surface area (TPSA) is 188 Å². The summed E-state index contributed by atoms with van der Waals surface area (Å²) >= 11 is 1.71. The zero-order valence-electron chi connectivity index (χ0n) is 26.1. The number of Topliss-reactive ketones (excluding diaryl/α,β-unsaturated/α-hetero) is 2. The van der Waals surface area contributed by atoms with Gasteiger partial charge in [0.25, 0.3) is 5.91 Å². The van der Waals surface area contributed by atoms with Crippen molar-refractivity contribution in [1.82, 2.24) is 4.90 Å². The van der Waals surface area contributed by atoms with Crippen LogP contribution in [-0.4, -0.2) is 91.6 Å². The summed E-state index contributed by atoms with van der Waals surface area (Å²) in [5.74, 6) is -9.19. The van der Waals surface area contributed by atoms with E-state index < -0.39 is 82.0 Å². The first-order chi connectivity index (χ1) is 21.9. The highest BCUT2D eigenvalue weighted by Crippen LogP contribution is 2.58. The molecular weight excluding hydrogens is 624 g/mol. The zero-order valence-corrected chi connectivity index (χ0v) is 26.9. The number of rotatable bonds is 7. The Morgan fingerprint density at radius 3 is 2.28 bits per heavy atom. The fourth-order valence-corrected chi connectivity index (χ4v) is 10.1. The monoisotopic (exact) mass is 670 g/mol. The number of likely N-dealkylation sites (N-methyl/N-ethyl adjacent to an activating group) is 1. The number of aromatic hydroxyl groups is 1. The highest BCUT2D eigenvalue weighted by Gasteiger charge is 2.70. The van der Waals surface area contributed by atoms with Crippen LogP contribution in [0.3, 0.4) is 0 Å². The Labute approximate surface area is 279 Å². The standard InChI is InChI=1S/C34H42N2O9S.CH4/c1-36(2)26-25-29(45-33(43)16-9-4-3-5-10-16)22-19(15-46-17-11-6-7-12-17)18-13-8-14-20(37)21(18)27(38)23(22)30(40)34(25,44)31(41)24(28(26)39)32(35)42;/h8,13-14,16-17,19,22,25-26,29,37-38,41,44H,3-7,9-12,15H2,1-2H3,(H2,35,42);1H4/t19-,22+,25+,26-,29-,34-;/m0./s1. The molecule has 12 heteroatoms. The normalized spacial score (nSPS) is 31.3. The van der Waals surface area contributed by atoms with Crippen molar-refractivity contribution >= 4 is 41.0 Å². The molecule has 0 heterocycles. The number of thioether (sulfide) groups is 1. The van der Waals surface area contributed by atoms with Gasteiger partial charge < -0.3 is 30.9 Å². The number of phenolic OH excluding ortho intramolecular Hbond substituents is 1. The Morgan fingerprint density at radius 1 is 1.02 bits per heavy atom. The molecule has 0 radical (unpaired) electrons. The van der Waals surface area contributed by atoms with Crippen LogP contribution < -0.4 is 5.73 Å². The highest BCUT2D eigenvalue weighted by atomic mass is 32.2. The van der Waals surface area contributed by atoms with Gasteiger partial charge in [-0.3, -0.25) is 24.1 Å². The van der Waals surface area contributed by atoms with Crippen molar-refractivity contribution in [3.8, 4) is 5.75 Å². The molecule has 1 aromatic rings. The lowest BCUT2D eigenvalue weighted by molar-refractivity contribution is -0.188. The number of hydrogen-bond acceptors (Lipinski definition) is 11. The fourth-order valence-electron chi connectivity index (χ4n) is 8.57. The van der Waals surface area contributed by atoms with Crippen molar-refractivity contribution in [3.05, 3.63) is 46.2 Å². The van der Waals surface area contributed by atoms with Gasteiger partial charge in [-0.2, -0.15) is 11.8 Å². The number of hydrogen-bond donors (Lipinski definition) is 5. The molecule has 0 spiro atoms. The van der Waals surface area contributed by atoms with E-state index in [0.717, 1.165) is 44.9 Å². The van der Waals surface area contributed by atoms with E-state index in [9.17, 15) is 39.6 Å². The van der Waals surface area contributed by atoms with Crippen molar-refractivity contribution in [2.45, 2.75) is 94.1 Å². The van der Waals surface area contributed by atoms with Crippen LogP contribution in [0.5, 0.6) is 5.75 Å². The average molecular weight is 671 g/mol. The molecule has 0 unspecified atom stereocenters. The Morgan fingerprint density at radius 2 is 1.66 bits per heavy atom. The van der Waals surface area contributed by atoms with Gasteiger partial charge in [0.2, 0.25) is 5.78 Å². The van der Waals surface area contributed by atoms with Gasteiger partial charge in [0.1, 0.15) is 28.9 Å². The van der Waals surface area contributed by atoms with Crippen LogP contribution >= 0.6 is 11.8 Å². The molecule has 5 aliphatic rings. The summed E-state index contributed by atoms with van der Waals surface area (Å²) in [6, 6.07) is 3.39. The van der Waals surface area contributed by atoms with E-state index in [1.807, 2.05) is 0 Å². The third-order valence-electron chi connectivity index (χ3n) is 10.8. The highest BCUT2D eigenvalue weighted by molar-refractivity contribution is 7.99. The summed E-state index contributed by atoms with van der Waals surface area (Å²) in [4.78, 5) is 56.4. The number of carbonyl (C=O) groups is 4. The van der Waals surface area contributed by atoms with Crippen LogP contribution in [-0.2, 0) is 23.9 Å². The molecule has 11 nitrogen and oxygen atoms in total. The molecule has 6 N–H and O–H groups in total. The molecule has 6 rings (SSSR count). The Bertz CT molecular complexity index is 1520. The number of ketones is 2. The molecule has 1 amide bonds. The number of aliphatic hydroxyl groups excluding tert-OH is 2. The summed E-state index contributed by atoms with van der Waals surface area (Å²) in [6.45, 7) is 0. The van der Waals surface area contributed by atoms with E-state index in [1.54, 1.807) is 23.9 Å². The quantitative estimate of drug-likeness (QED) is 0.209. The number of nitrogens with zero attached hydrogens (tertiary/aromatic N) is 1. The predicted octanol–water partition coefficient (Wildman–Crippen LogP) is 3.92. The third-order valence-corrected chi connectivity index (χ3v) is 12.3. The van der Waals surface area contributed by atoms with Crippen LogP contribution in [0.1, 0.15) is 82.3 Å². The predicted molar refractivity (Wildman–Crippen MR) is 177 cm³/mol. The van der Waals surface area contributed by atoms with Crippen LogP contribution in [0.15, 0.2) is 35.1 Å². The lowest BCUT2D eigenvalue weighted by Crippen LogP contribution is -2.71. The van der Waals surface area contributed by atoms with Crippen LogP contribution in [0.2, 0.25) is 0 Å². The maximum atomic E-state index is 14.7. The second-order valence-electron chi connectivity index (χ2n) is 13.6. The zero-order chi connectivity index (χ0) is 33.1. The molecule has 0 aliphatic heterocycles. The number of phenols is 1. The number of benzene rings is 1. The SMILES string of the molecule is C.CN(C)[C@@H]1C(=O)C(C(N)=O)=C(O)[C@@]2(O)C(=O)C3=C(O)c4c(O)cccc4[C@H](CSC4CCCC4)[C@H]3[C@H](OC(=O)C3CCCCC3)[C@@H]12. The lowest BCUT2D eigenvalue weighted by atomic mass is 9.54. The molecule has 0 saturated heterocycles. The Balaban J connectivity index is 0.00000433. The molecule has 1 aromatic carbocycles. The molecule has 5 aliphatic carbocycles. The largest absolute Gasteiger partial charge is 0.508 e. The van der Waals surface area contributed by atoms with E-state index in [1.165, 1.54) is 25.1 Å². The van der Waals surface area contributed by atoms with E-state index >= 15 is 0 Å². The van der Waals surface area contributed by atoms with Crippen LogP contribution in [0, 0.1) is 17.8 Å². The second kappa shape index (κ2) is 13.3. The molecule has 256 valence electrons. The minimum atomic E-state index is -2.95. The van der Waals surface area contributed by atoms with Gasteiger partial charge in [0.05, 0.1) is 23.4 Å². The maximum absolute atomic E-state index is 14.7. The van der Waals surface area contributed by atoms with Gasteiger partial charge in [-0.1, -0.05) is 51.7 Å². The fraction of sp³-hybridized carbons (Fsp3) is 0.600. The molecule has 47 heavy (non-hydrogen) atoms. The smallest absolute Gasteiger partial charge is 0.309 e. The minimum Gasteiger partial charge on any atom is -0.508 e. The van der Waals surface area contributed by atoms with Crippen LogP contribution in [0.4, 0.5) is 0 Å². The molecule has 3 saturated carbocycles. The van der Waals surface area contributed by atoms with Crippen molar-refractivity contribution in [3.63, 3.8) is 0 Å². The van der Waals surface area contributed by atoms with Gasteiger partial charge in [0.15, 0.2) is 11.4 Å². The van der Waals surface area contributed by atoms with Crippen molar-refractivity contribution in [2.75, 3.05) is 19.8 Å². The van der Waals surface area contributed by atoms with Gasteiger partial charge >= 0.3 is 5.97 Å². The Kier molecular flexibility index (Phi) is 9.88. The first-order valence-electron chi connectivity index (χ1n) is 16.2. The van der Waals surface area contributed by atoms with E-state index in [0.29, 0.717) is 29.4 Å². The number of aliphatic hydroxyl groups is 3. The first-order valence-corrected chi connectivity index (χ1v) is 17.2. The summed E-state index contributed by atoms with van der Waals surface area (Å²) < 4.78 is 6.35. The molecule has 3 fully saturated rings. The number of amides is 1. The average Bonchev–Trinajstić information content (AvgIpc) is 3.54. The number of fused-ring (bicyclic) bond motifs is 3. The second-order valence-corrected chi connectivity index (χ2v) is 14.9. The maximum Gasteiger partial charge on any atom is 0.309 e.